The highest BCUT2D eigenvalue weighted by Gasteiger charge is 2.30. The third-order valence-electron chi connectivity index (χ3n) is 9.87. The van der Waals surface area contributed by atoms with Crippen LogP contribution in [0.4, 0.5) is 0 Å². The van der Waals surface area contributed by atoms with Gasteiger partial charge in [-0.3, -0.25) is 19.4 Å². The van der Waals surface area contributed by atoms with Gasteiger partial charge in [0.2, 0.25) is 5.91 Å². The number of nitrogens with one attached hydrogen (secondary N) is 1. The molecule has 5 rings (SSSR count). The van der Waals surface area contributed by atoms with E-state index in [-0.39, 0.29) is 11.8 Å². The third-order valence-corrected chi connectivity index (χ3v) is 9.87. The Morgan fingerprint density at radius 1 is 0.778 bits per heavy atom. The molecule has 0 bridgehead atoms. The summed E-state index contributed by atoms with van der Waals surface area (Å²) >= 11 is 0. The van der Waals surface area contributed by atoms with Gasteiger partial charge in [0.05, 0.1) is 6.61 Å². The molecule has 2 amide bonds. The molecule has 0 spiro atoms. The molecule has 1 N–H and O–H groups in total. The number of amides is 2. The average molecular weight is 618 g/mol. The van der Waals surface area contributed by atoms with Gasteiger partial charge in [0.1, 0.15) is 5.75 Å². The van der Waals surface area contributed by atoms with Gasteiger partial charge >= 0.3 is 0 Å². The minimum atomic E-state index is 0.0379. The van der Waals surface area contributed by atoms with Crippen LogP contribution in [0.15, 0.2) is 48.5 Å². The first kappa shape index (κ1) is 33.4. The molecular weight excluding hydrogens is 562 g/mol. The van der Waals surface area contributed by atoms with E-state index < -0.39 is 0 Å². The quantitative estimate of drug-likeness (QED) is 0.323. The largest absolute Gasteiger partial charge is 0.494 e. The number of piperidine rings is 1. The van der Waals surface area contributed by atoms with Crippen molar-refractivity contribution in [3.05, 3.63) is 65.2 Å². The number of rotatable bonds is 13. The fourth-order valence-corrected chi connectivity index (χ4v) is 6.99. The summed E-state index contributed by atoms with van der Waals surface area (Å²) in [5.74, 6) is 2.09. The van der Waals surface area contributed by atoms with Crippen molar-refractivity contribution in [2.24, 2.45) is 11.8 Å². The van der Waals surface area contributed by atoms with Crippen LogP contribution in [-0.2, 0) is 17.9 Å². The lowest BCUT2D eigenvalue weighted by molar-refractivity contribution is -0.139. The van der Waals surface area contributed by atoms with Crippen LogP contribution in [0.3, 0.4) is 0 Å². The highest BCUT2D eigenvalue weighted by molar-refractivity contribution is 5.94. The average Bonchev–Trinajstić information content (AvgIpc) is 3.07. The lowest BCUT2D eigenvalue weighted by atomic mass is 9.89. The number of hydrogen-bond acceptors (Lipinski definition) is 6. The van der Waals surface area contributed by atoms with E-state index >= 15 is 0 Å². The third kappa shape index (κ3) is 10.5. The minimum Gasteiger partial charge on any atom is -0.494 e. The first-order valence-corrected chi connectivity index (χ1v) is 17.4. The molecule has 2 aromatic rings. The Labute approximate surface area is 271 Å². The molecule has 45 heavy (non-hydrogen) atoms. The first-order chi connectivity index (χ1) is 21.9. The summed E-state index contributed by atoms with van der Waals surface area (Å²) in [6, 6.07) is 16.6. The molecule has 3 aliphatic rings. The summed E-state index contributed by atoms with van der Waals surface area (Å²) in [4.78, 5) is 35.1. The van der Waals surface area contributed by atoms with Crippen molar-refractivity contribution in [3.8, 4) is 5.75 Å². The monoisotopic (exact) mass is 617 g/mol. The molecule has 2 heterocycles. The summed E-state index contributed by atoms with van der Waals surface area (Å²) in [7, 11) is 4.17. The van der Waals surface area contributed by atoms with Crippen LogP contribution >= 0.6 is 0 Å². The number of piperazine rings is 1. The predicted octanol–water partition coefficient (Wildman–Crippen LogP) is 4.88. The highest BCUT2D eigenvalue weighted by Crippen LogP contribution is 2.24. The van der Waals surface area contributed by atoms with Gasteiger partial charge in [0.15, 0.2) is 0 Å². The van der Waals surface area contributed by atoms with E-state index in [0.717, 1.165) is 103 Å². The van der Waals surface area contributed by atoms with Gasteiger partial charge in [-0.2, -0.15) is 0 Å². The van der Waals surface area contributed by atoms with Gasteiger partial charge in [-0.25, -0.2) is 0 Å². The number of carbonyl (C=O) groups excluding carboxylic acids is 2. The molecule has 2 saturated heterocycles. The van der Waals surface area contributed by atoms with Crippen molar-refractivity contribution in [2.75, 3.05) is 73.1 Å². The Morgan fingerprint density at radius 3 is 2.00 bits per heavy atom. The maximum absolute atomic E-state index is 13.4. The zero-order valence-corrected chi connectivity index (χ0v) is 27.7. The Morgan fingerprint density at radius 2 is 1.38 bits per heavy atom. The Bertz CT molecular complexity index is 1180. The molecule has 0 unspecified atom stereocenters. The Balaban J connectivity index is 0.969. The molecule has 0 aromatic heterocycles. The maximum atomic E-state index is 13.4. The minimum absolute atomic E-state index is 0.0379. The van der Waals surface area contributed by atoms with Crippen LogP contribution in [0.5, 0.6) is 5.75 Å². The standard InChI is InChI=1S/C37H55N5O3/c1-39(2)19-6-26-45-35-15-11-32(12-16-35)28-40-20-17-34(18-21-40)37(44)42-24-22-41(23-25-42)29-31-9-13-33(14-10-31)36(43)38-27-30-7-4-3-5-8-30/h9-16,30,34H,3-8,17-29H2,1-2H3,(H,38,43). The number of carbonyl (C=O) groups is 2. The SMILES string of the molecule is CN(C)CCCOc1ccc(CN2CCC(C(=O)N3CCN(Cc4ccc(C(=O)NCC5CCCCC5)cc4)CC3)CC2)cc1. The summed E-state index contributed by atoms with van der Waals surface area (Å²) in [5.41, 5.74) is 3.25. The van der Waals surface area contributed by atoms with Gasteiger partial charge in [-0.15, -0.1) is 0 Å². The van der Waals surface area contributed by atoms with Crippen molar-refractivity contribution in [2.45, 2.75) is 64.5 Å². The lowest BCUT2D eigenvalue weighted by Gasteiger charge is -2.38. The van der Waals surface area contributed by atoms with Gasteiger partial charge in [-0.05, 0) is 101 Å². The second-order valence-electron chi connectivity index (χ2n) is 13.7. The molecule has 0 radical (unpaired) electrons. The number of likely N-dealkylation sites (tertiary alicyclic amines) is 1. The highest BCUT2D eigenvalue weighted by atomic mass is 16.5. The molecule has 8 nitrogen and oxygen atoms in total. The molecule has 0 atom stereocenters. The van der Waals surface area contributed by atoms with E-state index in [1.54, 1.807) is 0 Å². The van der Waals surface area contributed by atoms with E-state index in [9.17, 15) is 9.59 Å². The Kier molecular flexibility index (Phi) is 12.7. The summed E-state index contributed by atoms with van der Waals surface area (Å²) < 4.78 is 5.87. The second kappa shape index (κ2) is 17.1. The van der Waals surface area contributed by atoms with Crippen molar-refractivity contribution < 1.29 is 14.3 Å². The van der Waals surface area contributed by atoms with E-state index in [1.807, 2.05) is 12.1 Å². The smallest absolute Gasteiger partial charge is 0.251 e. The van der Waals surface area contributed by atoms with Crippen LogP contribution in [0.1, 0.15) is 72.9 Å². The molecule has 8 heteroatoms. The fourth-order valence-electron chi connectivity index (χ4n) is 6.99. The Hall–Kier alpha value is -2.94. The van der Waals surface area contributed by atoms with Crippen LogP contribution in [0.25, 0.3) is 0 Å². The summed E-state index contributed by atoms with van der Waals surface area (Å²) in [5, 5.41) is 3.14. The molecular formula is C37H55N5O3. The fraction of sp³-hybridized carbons (Fsp3) is 0.622. The number of nitrogens with zero attached hydrogens (tertiary/aromatic N) is 4. The molecule has 1 saturated carbocycles. The predicted molar refractivity (Wildman–Crippen MR) is 180 cm³/mol. The molecule has 3 fully saturated rings. The van der Waals surface area contributed by atoms with Crippen LogP contribution in [0.2, 0.25) is 0 Å². The number of hydrogen-bond donors (Lipinski definition) is 1. The molecule has 246 valence electrons. The van der Waals surface area contributed by atoms with Crippen molar-refractivity contribution >= 4 is 11.8 Å². The van der Waals surface area contributed by atoms with Crippen LogP contribution in [0, 0.1) is 11.8 Å². The van der Waals surface area contributed by atoms with Crippen LogP contribution in [-0.4, -0.2) is 104 Å². The van der Waals surface area contributed by atoms with Gasteiger partial charge in [-0.1, -0.05) is 43.5 Å². The van der Waals surface area contributed by atoms with E-state index in [1.165, 1.54) is 43.2 Å². The van der Waals surface area contributed by atoms with E-state index in [2.05, 4.69) is 75.4 Å². The van der Waals surface area contributed by atoms with Crippen LogP contribution < -0.4 is 10.1 Å². The first-order valence-electron chi connectivity index (χ1n) is 17.4. The van der Waals surface area contributed by atoms with Crippen molar-refractivity contribution in [1.82, 2.24) is 24.9 Å². The summed E-state index contributed by atoms with van der Waals surface area (Å²) in [6.07, 6.45) is 9.30. The van der Waals surface area contributed by atoms with Crippen molar-refractivity contribution in [3.63, 3.8) is 0 Å². The van der Waals surface area contributed by atoms with E-state index in [0.29, 0.717) is 11.8 Å². The lowest BCUT2D eigenvalue weighted by Crippen LogP contribution is -2.51. The normalized spacial score (nSPS) is 19.1. The van der Waals surface area contributed by atoms with E-state index in [4.69, 9.17) is 4.74 Å². The van der Waals surface area contributed by atoms with Gasteiger partial charge in [0.25, 0.3) is 5.91 Å². The molecule has 2 aromatic carbocycles. The zero-order valence-electron chi connectivity index (χ0n) is 27.7. The van der Waals surface area contributed by atoms with Crippen molar-refractivity contribution in [1.29, 1.82) is 0 Å². The number of benzene rings is 2. The molecule has 1 aliphatic carbocycles. The maximum Gasteiger partial charge on any atom is 0.251 e. The number of ether oxygens (including phenoxy) is 1. The zero-order chi connectivity index (χ0) is 31.4. The second-order valence-corrected chi connectivity index (χ2v) is 13.7. The topological polar surface area (TPSA) is 68.4 Å². The van der Waals surface area contributed by atoms with Gasteiger partial charge < -0.3 is 19.9 Å². The summed E-state index contributed by atoms with van der Waals surface area (Å²) in [6.45, 7) is 9.66. The molecule has 2 aliphatic heterocycles. The van der Waals surface area contributed by atoms with Gasteiger partial charge in [0, 0.05) is 63.8 Å².